The second-order valence-corrected chi connectivity index (χ2v) is 4.94. The van der Waals surface area contributed by atoms with E-state index in [2.05, 4.69) is 15.3 Å². The largest absolute Gasteiger partial charge is 0.388 e. The van der Waals surface area contributed by atoms with E-state index in [4.69, 9.17) is 18.0 Å². The Balaban J connectivity index is 2.23. The highest BCUT2D eigenvalue weighted by Crippen LogP contribution is 2.18. The van der Waals surface area contributed by atoms with Gasteiger partial charge in [-0.25, -0.2) is 14.4 Å². The number of nitrogens with zero attached hydrogens (tertiary/aromatic N) is 2. The molecule has 0 aliphatic rings. The summed E-state index contributed by atoms with van der Waals surface area (Å²) in [6, 6.07) is 7.98. The van der Waals surface area contributed by atoms with Crippen molar-refractivity contribution in [1.29, 1.82) is 0 Å². The predicted octanol–water partition coefficient (Wildman–Crippen LogP) is 2.73. The fourth-order valence-electron chi connectivity index (χ4n) is 1.81. The van der Waals surface area contributed by atoms with Gasteiger partial charge >= 0.3 is 0 Å². The Hall–Kier alpha value is -2.08. The molecule has 0 amide bonds. The van der Waals surface area contributed by atoms with Crippen molar-refractivity contribution in [3.63, 3.8) is 0 Å². The molecule has 1 atom stereocenters. The second kappa shape index (κ2) is 5.92. The van der Waals surface area contributed by atoms with E-state index in [9.17, 15) is 4.39 Å². The molecule has 1 aromatic carbocycles. The summed E-state index contributed by atoms with van der Waals surface area (Å²) in [5.74, 6) is 0.148. The van der Waals surface area contributed by atoms with Crippen molar-refractivity contribution in [2.24, 2.45) is 5.73 Å². The fraction of sp³-hybridized carbons (Fsp3) is 0.214. The van der Waals surface area contributed by atoms with E-state index in [0.717, 1.165) is 11.3 Å². The van der Waals surface area contributed by atoms with Crippen molar-refractivity contribution in [1.82, 2.24) is 9.97 Å². The molecule has 4 nitrogen and oxygen atoms in total. The van der Waals surface area contributed by atoms with Crippen molar-refractivity contribution < 1.29 is 4.39 Å². The van der Waals surface area contributed by atoms with Crippen LogP contribution in [0, 0.1) is 12.7 Å². The van der Waals surface area contributed by atoms with Crippen LogP contribution in [0.2, 0.25) is 0 Å². The third-order valence-corrected chi connectivity index (χ3v) is 3.01. The zero-order chi connectivity index (χ0) is 14.7. The highest BCUT2D eigenvalue weighted by Gasteiger charge is 2.10. The molecule has 0 radical (unpaired) electrons. The summed E-state index contributed by atoms with van der Waals surface area (Å²) < 4.78 is 13.2. The van der Waals surface area contributed by atoms with Gasteiger partial charge in [0.2, 0.25) is 5.95 Å². The average Bonchev–Trinajstić information content (AvgIpc) is 2.37. The van der Waals surface area contributed by atoms with E-state index in [0.29, 0.717) is 11.6 Å². The molecule has 0 saturated carbocycles. The van der Waals surface area contributed by atoms with Crippen molar-refractivity contribution in [2.45, 2.75) is 19.9 Å². The summed E-state index contributed by atoms with van der Waals surface area (Å²) in [6.07, 6.45) is 0. The molecule has 6 heteroatoms. The third-order valence-electron chi connectivity index (χ3n) is 2.80. The van der Waals surface area contributed by atoms with Crippen LogP contribution in [-0.2, 0) is 0 Å². The van der Waals surface area contributed by atoms with Gasteiger partial charge in [0.1, 0.15) is 16.5 Å². The van der Waals surface area contributed by atoms with Gasteiger partial charge in [0, 0.05) is 5.69 Å². The van der Waals surface area contributed by atoms with Crippen LogP contribution in [0.3, 0.4) is 0 Å². The maximum Gasteiger partial charge on any atom is 0.224 e. The van der Waals surface area contributed by atoms with Crippen molar-refractivity contribution >= 4 is 23.2 Å². The number of benzene rings is 1. The van der Waals surface area contributed by atoms with Gasteiger partial charge in [-0.2, -0.15) is 0 Å². The normalized spacial score (nSPS) is 11.9. The van der Waals surface area contributed by atoms with E-state index in [1.54, 1.807) is 12.1 Å². The van der Waals surface area contributed by atoms with Crippen LogP contribution < -0.4 is 11.1 Å². The number of hydrogen-bond donors (Lipinski definition) is 2. The number of hydrogen-bond acceptors (Lipinski definition) is 4. The molecular weight excluding hydrogens is 275 g/mol. The molecule has 0 saturated heterocycles. The Morgan fingerprint density at radius 3 is 2.75 bits per heavy atom. The molecule has 0 aliphatic heterocycles. The van der Waals surface area contributed by atoms with Crippen LogP contribution in [0.15, 0.2) is 30.3 Å². The Morgan fingerprint density at radius 2 is 2.10 bits per heavy atom. The molecule has 2 rings (SSSR count). The molecule has 1 unspecified atom stereocenters. The molecule has 0 fully saturated rings. The first-order valence-electron chi connectivity index (χ1n) is 6.13. The molecule has 0 aliphatic carbocycles. The number of aryl methyl sites for hydroxylation is 1. The zero-order valence-electron chi connectivity index (χ0n) is 11.2. The van der Waals surface area contributed by atoms with Gasteiger partial charge in [-0.1, -0.05) is 24.4 Å². The van der Waals surface area contributed by atoms with Crippen molar-refractivity contribution in [2.75, 3.05) is 5.32 Å². The van der Waals surface area contributed by atoms with Gasteiger partial charge in [0.05, 0.1) is 6.04 Å². The van der Waals surface area contributed by atoms with E-state index >= 15 is 0 Å². The number of rotatable bonds is 4. The van der Waals surface area contributed by atoms with Crippen molar-refractivity contribution in [3.05, 3.63) is 53.1 Å². The summed E-state index contributed by atoms with van der Waals surface area (Å²) >= 11 is 4.92. The Morgan fingerprint density at radius 1 is 1.35 bits per heavy atom. The van der Waals surface area contributed by atoms with Gasteiger partial charge in [-0.3, -0.25) is 0 Å². The Bertz CT molecular complexity index is 645. The van der Waals surface area contributed by atoms with Crippen LogP contribution in [0.4, 0.5) is 10.3 Å². The Kier molecular flexibility index (Phi) is 4.24. The summed E-state index contributed by atoms with van der Waals surface area (Å²) in [5, 5.41) is 3.12. The number of thiocarbonyl (C=S) groups is 1. The summed E-state index contributed by atoms with van der Waals surface area (Å²) in [4.78, 5) is 8.73. The van der Waals surface area contributed by atoms with Gasteiger partial charge in [-0.05, 0) is 37.6 Å². The quantitative estimate of drug-likeness (QED) is 0.848. The predicted molar refractivity (Wildman–Crippen MR) is 81.1 cm³/mol. The lowest BCUT2D eigenvalue weighted by molar-refractivity contribution is 0.623. The first-order valence-corrected chi connectivity index (χ1v) is 6.54. The highest BCUT2D eigenvalue weighted by atomic mass is 32.1. The second-order valence-electron chi connectivity index (χ2n) is 4.50. The first-order chi connectivity index (χ1) is 9.45. The molecule has 1 heterocycles. The standard InChI is InChI=1S/C14H15FN4S/c1-8-6-12(13(16)20)19-14(17-8)18-9(2)10-4-3-5-11(15)7-10/h3-7,9H,1-2H3,(H2,16,20)(H,17,18,19). The molecule has 3 N–H and O–H groups in total. The van der Waals surface area contributed by atoms with E-state index in [1.165, 1.54) is 12.1 Å². The van der Waals surface area contributed by atoms with Gasteiger partial charge in [-0.15, -0.1) is 0 Å². The maximum absolute atomic E-state index is 13.2. The fourth-order valence-corrected chi connectivity index (χ4v) is 1.92. The molecule has 20 heavy (non-hydrogen) atoms. The maximum atomic E-state index is 13.2. The van der Waals surface area contributed by atoms with E-state index < -0.39 is 0 Å². The SMILES string of the molecule is Cc1cc(C(N)=S)nc(NC(C)c2cccc(F)c2)n1. The van der Waals surface area contributed by atoms with Crippen LogP contribution >= 0.6 is 12.2 Å². The molecule has 0 bridgehead atoms. The minimum atomic E-state index is -0.273. The lowest BCUT2D eigenvalue weighted by Crippen LogP contribution is -2.16. The Labute approximate surface area is 122 Å². The van der Waals surface area contributed by atoms with Gasteiger partial charge in [0.15, 0.2) is 0 Å². The van der Waals surface area contributed by atoms with Crippen LogP contribution in [0.1, 0.15) is 29.9 Å². The summed E-state index contributed by atoms with van der Waals surface area (Å²) in [7, 11) is 0. The van der Waals surface area contributed by atoms with Crippen LogP contribution in [-0.4, -0.2) is 15.0 Å². The molecule has 104 valence electrons. The minimum Gasteiger partial charge on any atom is -0.388 e. The van der Waals surface area contributed by atoms with Crippen LogP contribution in [0.5, 0.6) is 0 Å². The first kappa shape index (κ1) is 14.3. The number of nitrogens with two attached hydrogens (primary N) is 1. The van der Waals surface area contributed by atoms with Gasteiger partial charge < -0.3 is 11.1 Å². The van der Waals surface area contributed by atoms with E-state index in [-0.39, 0.29) is 16.8 Å². The number of nitrogens with one attached hydrogen (secondary N) is 1. The highest BCUT2D eigenvalue weighted by molar-refractivity contribution is 7.80. The summed E-state index contributed by atoms with van der Waals surface area (Å²) in [6.45, 7) is 3.74. The molecule has 0 spiro atoms. The minimum absolute atomic E-state index is 0.133. The molecular formula is C14H15FN4S. The average molecular weight is 290 g/mol. The zero-order valence-corrected chi connectivity index (χ0v) is 12.0. The van der Waals surface area contributed by atoms with Crippen LogP contribution in [0.25, 0.3) is 0 Å². The van der Waals surface area contributed by atoms with Crippen molar-refractivity contribution in [3.8, 4) is 0 Å². The smallest absolute Gasteiger partial charge is 0.224 e. The van der Waals surface area contributed by atoms with E-state index in [1.807, 2.05) is 19.9 Å². The monoisotopic (exact) mass is 290 g/mol. The topological polar surface area (TPSA) is 63.8 Å². The summed E-state index contributed by atoms with van der Waals surface area (Å²) in [5.41, 5.74) is 7.67. The lowest BCUT2D eigenvalue weighted by atomic mass is 10.1. The number of aromatic nitrogens is 2. The number of anilines is 1. The van der Waals surface area contributed by atoms with Gasteiger partial charge in [0.25, 0.3) is 0 Å². The molecule has 2 aromatic rings. The third kappa shape index (κ3) is 3.48. The number of halogens is 1. The molecule has 1 aromatic heterocycles. The lowest BCUT2D eigenvalue weighted by Gasteiger charge is -2.15.